The molecule has 2 heteroatoms. The standard InChI is InChI=1S/C8H16OSi/c1-10(2,3)9-7-6-8-4-5-8/h6-8H,4-5H2,1-3H3/b7-6-. The van der Waals surface area contributed by atoms with Crippen LogP contribution in [0.3, 0.4) is 0 Å². The first-order chi connectivity index (χ1) is 4.58. The summed E-state index contributed by atoms with van der Waals surface area (Å²) in [6.45, 7) is 6.60. The largest absolute Gasteiger partial charge is 0.550 e. The van der Waals surface area contributed by atoms with E-state index in [1.807, 2.05) is 6.26 Å². The maximum atomic E-state index is 5.54. The fourth-order valence-corrected chi connectivity index (χ4v) is 1.13. The summed E-state index contributed by atoms with van der Waals surface area (Å²) in [7, 11) is -1.28. The van der Waals surface area contributed by atoms with E-state index in [4.69, 9.17) is 4.43 Å². The maximum absolute atomic E-state index is 5.54. The van der Waals surface area contributed by atoms with Gasteiger partial charge in [-0.1, -0.05) is 0 Å². The van der Waals surface area contributed by atoms with Crippen molar-refractivity contribution >= 4 is 8.32 Å². The third kappa shape index (κ3) is 3.72. The lowest BCUT2D eigenvalue weighted by atomic mass is 10.4. The second kappa shape index (κ2) is 2.78. The van der Waals surface area contributed by atoms with E-state index in [1.165, 1.54) is 12.8 Å². The summed E-state index contributed by atoms with van der Waals surface area (Å²) >= 11 is 0. The predicted molar refractivity (Wildman–Crippen MR) is 46.3 cm³/mol. The van der Waals surface area contributed by atoms with Crippen molar-refractivity contribution < 1.29 is 4.43 Å². The van der Waals surface area contributed by atoms with Crippen molar-refractivity contribution in [2.75, 3.05) is 0 Å². The molecule has 0 aromatic carbocycles. The molecule has 1 aliphatic rings. The Bertz CT molecular complexity index is 131. The molecule has 10 heavy (non-hydrogen) atoms. The van der Waals surface area contributed by atoms with Gasteiger partial charge in [-0.2, -0.15) is 0 Å². The summed E-state index contributed by atoms with van der Waals surface area (Å²) in [6, 6.07) is 0. The molecule has 1 rings (SSSR count). The lowest BCUT2D eigenvalue weighted by Crippen LogP contribution is -2.21. The molecule has 0 saturated heterocycles. The summed E-state index contributed by atoms with van der Waals surface area (Å²) in [5.74, 6) is 0.844. The highest BCUT2D eigenvalue weighted by atomic mass is 28.4. The van der Waals surface area contributed by atoms with Crippen molar-refractivity contribution in [1.82, 2.24) is 0 Å². The Labute approximate surface area is 64.2 Å². The third-order valence-corrected chi connectivity index (χ3v) is 2.24. The van der Waals surface area contributed by atoms with Crippen molar-refractivity contribution in [3.63, 3.8) is 0 Å². The van der Waals surface area contributed by atoms with Crippen molar-refractivity contribution in [3.05, 3.63) is 12.3 Å². The highest BCUT2D eigenvalue weighted by Gasteiger charge is 2.18. The minimum Gasteiger partial charge on any atom is -0.550 e. The first kappa shape index (κ1) is 7.86. The van der Waals surface area contributed by atoms with Gasteiger partial charge in [0, 0.05) is 0 Å². The van der Waals surface area contributed by atoms with Gasteiger partial charge >= 0.3 is 0 Å². The number of rotatable bonds is 3. The van der Waals surface area contributed by atoms with Gasteiger partial charge in [-0.05, 0) is 44.5 Å². The molecule has 0 aromatic heterocycles. The molecule has 0 amide bonds. The quantitative estimate of drug-likeness (QED) is 0.451. The van der Waals surface area contributed by atoms with Crippen LogP contribution in [-0.4, -0.2) is 8.32 Å². The Balaban J connectivity index is 2.13. The Hall–Kier alpha value is -0.243. The van der Waals surface area contributed by atoms with E-state index in [1.54, 1.807) is 0 Å². The van der Waals surface area contributed by atoms with Crippen molar-refractivity contribution in [1.29, 1.82) is 0 Å². The van der Waals surface area contributed by atoms with Crippen LogP contribution in [0.15, 0.2) is 12.3 Å². The molecular weight excluding hydrogens is 140 g/mol. The zero-order chi connectivity index (χ0) is 7.61. The summed E-state index contributed by atoms with van der Waals surface area (Å²) in [5, 5.41) is 0. The predicted octanol–water partition coefficient (Wildman–Crippen LogP) is 2.76. The van der Waals surface area contributed by atoms with Crippen LogP contribution < -0.4 is 0 Å². The van der Waals surface area contributed by atoms with Crippen LogP contribution in [0.5, 0.6) is 0 Å². The van der Waals surface area contributed by atoms with Gasteiger partial charge in [0.25, 0.3) is 0 Å². The van der Waals surface area contributed by atoms with E-state index in [2.05, 4.69) is 25.7 Å². The van der Waals surface area contributed by atoms with Gasteiger partial charge in [0.15, 0.2) is 0 Å². The maximum Gasteiger partial charge on any atom is 0.241 e. The monoisotopic (exact) mass is 156 g/mol. The van der Waals surface area contributed by atoms with Crippen molar-refractivity contribution in [2.24, 2.45) is 5.92 Å². The minimum absolute atomic E-state index is 0.844. The molecule has 0 aliphatic heterocycles. The molecule has 1 saturated carbocycles. The first-order valence-electron chi connectivity index (χ1n) is 3.92. The van der Waals surface area contributed by atoms with Crippen LogP contribution in [0.25, 0.3) is 0 Å². The van der Waals surface area contributed by atoms with Gasteiger partial charge in [-0.25, -0.2) is 0 Å². The van der Waals surface area contributed by atoms with Gasteiger partial charge in [-0.15, -0.1) is 0 Å². The van der Waals surface area contributed by atoms with Gasteiger partial charge in [0.1, 0.15) is 0 Å². The van der Waals surface area contributed by atoms with Crippen molar-refractivity contribution in [2.45, 2.75) is 32.5 Å². The zero-order valence-corrected chi connectivity index (χ0v) is 8.05. The second-order valence-corrected chi connectivity index (χ2v) is 8.36. The van der Waals surface area contributed by atoms with Crippen LogP contribution in [0.2, 0.25) is 19.6 Å². The van der Waals surface area contributed by atoms with Crippen LogP contribution in [0, 0.1) is 5.92 Å². The molecule has 0 unspecified atom stereocenters. The summed E-state index contributed by atoms with van der Waals surface area (Å²) in [4.78, 5) is 0. The van der Waals surface area contributed by atoms with E-state index in [0.29, 0.717) is 0 Å². The van der Waals surface area contributed by atoms with Crippen LogP contribution >= 0.6 is 0 Å². The van der Waals surface area contributed by atoms with E-state index < -0.39 is 8.32 Å². The van der Waals surface area contributed by atoms with Gasteiger partial charge in [-0.3, -0.25) is 0 Å². The Kier molecular flexibility index (Phi) is 2.19. The van der Waals surface area contributed by atoms with Crippen LogP contribution in [0.1, 0.15) is 12.8 Å². The highest BCUT2D eigenvalue weighted by Crippen LogP contribution is 2.30. The Morgan fingerprint density at radius 1 is 1.30 bits per heavy atom. The second-order valence-electron chi connectivity index (χ2n) is 3.90. The summed E-state index contributed by atoms with van der Waals surface area (Å²) in [6.07, 6.45) is 6.83. The lowest BCUT2D eigenvalue weighted by molar-refractivity contribution is 0.476. The SMILES string of the molecule is C[Si](C)(C)O/C=C\C1CC1. The Morgan fingerprint density at radius 2 is 1.90 bits per heavy atom. The van der Waals surface area contributed by atoms with Gasteiger partial charge in [0.05, 0.1) is 6.26 Å². The van der Waals surface area contributed by atoms with E-state index >= 15 is 0 Å². The molecule has 0 heterocycles. The molecule has 1 fully saturated rings. The molecule has 0 aromatic rings. The molecule has 0 spiro atoms. The molecule has 1 aliphatic carbocycles. The summed E-state index contributed by atoms with van der Waals surface area (Å²) < 4.78 is 5.54. The number of hydrogen-bond acceptors (Lipinski definition) is 1. The Morgan fingerprint density at radius 3 is 2.30 bits per heavy atom. The average molecular weight is 156 g/mol. The van der Waals surface area contributed by atoms with Crippen LogP contribution in [0.4, 0.5) is 0 Å². The topological polar surface area (TPSA) is 9.23 Å². The summed E-state index contributed by atoms with van der Waals surface area (Å²) in [5.41, 5.74) is 0. The molecule has 1 nitrogen and oxygen atoms in total. The van der Waals surface area contributed by atoms with Gasteiger partial charge < -0.3 is 4.43 Å². The van der Waals surface area contributed by atoms with Gasteiger partial charge in [0.2, 0.25) is 8.32 Å². The van der Waals surface area contributed by atoms with Crippen LogP contribution in [-0.2, 0) is 4.43 Å². The van der Waals surface area contributed by atoms with E-state index in [0.717, 1.165) is 5.92 Å². The van der Waals surface area contributed by atoms with E-state index in [-0.39, 0.29) is 0 Å². The highest BCUT2D eigenvalue weighted by molar-refractivity contribution is 6.69. The van der Waals surface area contributed by atoms with Crippen molar-refractivity contribution in [3.8, 4) is 0 Å². The molecule has 0 atom stereocenters. The molecule has 0 N–H and O–H groups in total. The average Bonchev–Trinajstić information content (AvgIpc) is 2.45. The first-order valence-corrected chi connectivity index (χ1v) is 7.33. The third-order valence-electron chi connectivity index (χ3n) is 1.39. The van der Waals surface area contributed by atoms with E-state index in [9.17, 15) is 0 Å². The minimum atomic E-state index is -1.28. The molecule has 0 radical (unpaired) electrons. The normalized spacial score (nSPS) is 19.9. The molecule has 0 bridgehead atoms. The zero-order valence-electron chi connectivity index (χ0n) is 7.05. The fraction of sp³-hybridized carbons (Fsp3) is 0.750. The molecule has 58 valence electrons. The number of allylic oxidation sites excluding steroid dienone is 1. The number of hydrogen-bond donors (Lipinski definition) is 0. The molecular formula is C8H16OSi. The lowest BCUT2D eigenvalue weighted by Gasteiger charge is -2.14. The fourth-order valence-electron chi connectivity index (χ4n) is 0.643. The smallest absolute Gasteiger partial charge is 0.241 e.